The summed E-state index contributed by atoms with van der Waals surface area (Å²) in [5.41, 5.74) is 4.78. The van der Waals surface area contributed by atoms with Crippen LogP contribution in [0.4, 0.5) is 0 Å². The van der Waals surface area contributed by atoms with E-state index in [1.165, 1.54) is 0 Å². The number of benzene rings is 2. The Morgan fingerprint density at radius 3 is 2.68 bits per heavy atom. The standard InChI is InChI=1S/C27H31N3O4/c1-17-14-24(34-2)22(21-9-11-28-26(17)21)16-29-13-10-20(30-12-3-4-25(30)31)15-23(29)18-5-7-19(8-6-18)27(32)33/h5-9,11,14,20,23,28H,3-4,10,12-13,15-16H2,1-2H3,(H,32,33)/t20-,23-/m0/s1. The molecule has 2 saturated heterocycles. The fourth-order valence-corrected chi connectivity index (χ4v) is 5.70. The summed E-state index contributed by atoms with van der Waals surface area (Å²) in [6.07, 6.45) is 5.31. The zero-order valence-corrected chi connectivity index (χ0v) is 19.7. The smallest absolute Gasteiger partial charge is 0.335 e. The molecule has 2 fully saturated rings. The van der Waals surface area contributed by atoms with E-state index in [1.807, 2.05) is 18.3 Å². The number of fused-ring (bicyclic) bond motifs is 1. The fourth-order valence-electron chi connectivity index (χ4n) is 5.70. The number of rotatable bonds is 6. The van der Waals surface area contributed by atoms with Crippen LogP contribution in [0.2, 0.25) is 0 Å². The molecule has 0 spiro atoms. The number of nitrogens with zero attached hydrogens (tertiary/aromatic N) is 2. The van der Waals surface area contributed by atoms with Crippen molar-refractivity contribution in [3.63, 3.8) is 0 Å². The number of nitrogens with one attached hydrogen (secondary N) is 1. The van der Waals surface area contributed by atoms with Crippen LogP contribution in [0.1, 0.15) is 58.8 Å². The van der Waals surface area contributed by atoms with Gasteiger partial charge in [0.2, 0.25) is 5.91 Å². The molecule has 5 rings (SSSR count). The molecule has 0 aliphatic carbocycles. The third-order valence-corrected chi connectivity index (χ3v) is 7.47. The van der Waals surface area contributed by atoms with Crippen LogP contribution in [0.15, 0.2) is 42.6 Å². The van der Waals surface area contributed by atoms with E-state index >= 15 is 0 Å². The number of hydrogen-bond donors (Lipinski definition) is 2. The Balaban J connectivity index is 1.49. The average Bonchev–Trinajstić information content (AvgIpc) is 3.50. The quantitative estimate of drug-likeness (QED) is 0.564. The fraction of sp³-hybridized carbons (Fsp3) is 0.407. The van der Waals surface area contributed by atoms with Crippen molar-refractivity contribution in [1.29, 1.82) is 0 Å². The number of carboxylic acid groups (broad SMARTS) is 1. The van der Waals surface area contributed by atoms with Gasteiger partial charge in [0.15, 0.2) is 0 Å². The van der Waals surface area contributed by atoms with Gasteiger partial charge in [-0.3, -0.25) is 9.69 Å². The molecule has 0 bridgehead atoms. The number of aromatic carboxylic acids is 1. The summed E-state index contributed by atoms with van der Waals surface area (Å²) in [6.45, 7) is 4.48. The predicted molar refractivity (Wildman–Crippen MR) is 130 cm³/mol. The Kier molecular flexibility index (Phi) is 6.04. The third kappa shape index (κ3) is 4.05. The van der Waals surface area contributed by atoms with E-state index < -0.39 is 5.97 Å². The SMILES string of the molecule is COc1cc(C)c2[nH]ccc2c1CN1CC[C@H](N2CCCC2=O)C[C@H]1c1ccc(C(=O)O)cc1. The van der Waals surface area contributed by atoms with Gasteiger partial charge in [-0.25, -0.2) is 4.79 Å². The van der Waals surface area contributed by atoms with E-state index in [4.69, 9.17) is 4.74 Å². The van der Waals surface area contributed by atoms with Gasteiger partial charge in [-0.1, -0.05) is 12.1 Å². The van der Waals surface area contributed by atoms with Gasteiger partial charge < -0.3 is 19.7 Å². The first-order valence-electron chi connectivity index (χ1n) is 12.0. The van der Waals surface area contributed by atoms with E-state index in [-0.39, 0.29) is 23.6 Å². The second-order valence-corrected chi connectivity index (χ2v) is 9.42. The Hall–Kier alpha value is -3.32. The van der Waals surface area contributed by atoms with E-state index in [0.29, 0.717) is 13.0 Å². The molecule has 7 heteroatoms. The molecule has 2 N–H and O–H groups in total. The number of carboxylic acids is 1. The minimum atomic E-state index is -0.924. The maximum atomic E-state index is 12.5. The van der Waals surface area contributed by atoms with Crippen LogP contribution in [0, 0.1) is 6.92 Å². The second-order valence-electron chi connectivity index (χ2n) is 9.42. The summed E-state index contributed by atoms with van der Waals surface area (Å²) < 4.78 is 5.79. The summed E-state index contributed by atoms with van der Waals surface area (Å²) in [5, 5.41) is 10.5. The molecular weight excluding hydrogens is 430 g/mol. The largest absolute Gasteiger partial charge is 0.496 e. The first-order valence-corrected chi connectivity index (χ1v) is 12.0. The van der Waals surface area contributed by atoms with Crippen molar-refractivity contribution in [1.82, 2.24) is 14.8 Å². The van der Waals surface area contributed by atoms with Crippen LogP contribution in [0.5, 0.6) is 5.75 Å². The van der Waals surface area contributed by atoms with Gasteiger partial charge >= 0.3 is 5.97 Å². The lowest BCUT2D eigenvalue weighted by molar-refractivity contribution is -0.131. The van der Waals surface area contributed by atoms with E-state index in [2.05, 4.69) is 33.8 Å². The Bertz CT molecular complexity index is 1220. The highest BCUT2D eigenvalue weighted by Gasteiger charge is 2.36. The van der Waals surface area contributed by atoms with Crippen molar-refractivity contribution < 1.29 is 19.4 Å². The summed E-state index contributed by atoms with van der Waals surface area (Å²) >= 11 is 0. The van der Waals surface area contributed by atoms with Crippen LogP contribution in [0.3, 0.4) is 0 Å². The van der Waals surface area contributed by atoms with Gasteiger partial charge in [-0.05, 0) is 61.6 Å². The van der Waals surface area contributed by atoms with E-state index in [0.717, 1.165) is 65.7 Å². The van der Waals surface area contributed by atoms with Crippen LogP contribution < -0.4 is 4.74 Å². The number of carbonyl (C=O) groups is 2. The van der Waals surface area contributed by atoms with Gasteiger partial charge in [0.05, 0.1) is 12.7 Å². The highest BCUT2D eigenvalue weighted by Crippen LogP contribution is 2.39. The number of amides is 1. The summed E-state index contributed by atoms with van der Waals surface area (Å²) in [4.78, 5) is 31.7. The normalized spacial score (nSPS) is 21.4. The first kappa shape index (κ1) is 22.5. The van der Waals surface area contributed by atoms with Crippen LogP contribution in [-0.2, 0) is 11.3 Å². The van der Waals surface area contributed by atoms with Gasteiger partial charge in [0.25, 0.3) is 0 Å². The summed E-state index contributed by atoms with van der Waals surface area (Å²) in [5.74, 6) is 0.209. The molecule has 7 nitrogen and oxygen atoms in total. The third-order valence-electron chi connectivity index (χ3n) is 7.47. The number of carbonyl (C=O) groups excluding carboxylic acids is 1. The van der Waals surface area contributed by atoms with E-state index in [1.54, 1.807) is 19.2 Å². The molecule has 0 saturated carbocycles. The van der Waals surface area contributed by atoms with Crippen LogP contribution >= 0.6 is 0 Å². The Morgan fingerprint density at radius 2 is 2.00 bits per heavy atom. The number of H-pyrrole nitrogens is 1. The zero-order chi connectivity index (χ0) is 23.8. The molecule has 3 heterocycles. The van der Waals surface area contributed by atoms with Crippen molar-refractivity contribution in [3.8, 4) is 5.75 Å². The maximum absolute atomic E-state index is 12.5. The van der Waals surface area contributed by atoms with Gasteiger partial charge in [-0.2, -0.15) is 0 Å². The lowest BCUT2D eigenvalue weighted by Crippen LogP contribution is -2.46. The van der Waals surface area contributed by atoms with Crippen molar-refractivity contribution >= 4 is 22.8 Å². The summed E-state index contributed by atoms with van der Waals surface area (Å²) in [7, 11) is 1.71. The molecule has 178 valence electrons. The number of methoxy groups -OCH3 is 1. The lowest BCUT2D eigenvalue weighted by atomic mass is 9.89. The topological polar surface area (TPSA) is 85.9 Å². The number of aromatic nitrogens is 1. The number of aryl methyl sites for hydroxylation is 1. The molecule has 1 aromatic heterocycles. The number of hydrogen-bond acceptors (Lipinski definition) is 4. The van der Waals surface area contributed by atoms with E-state index in [9.17, 15) is 14.7 Å². The number of aromatic amines is 1. The minimum absolute atomic E-state index is 0.0787. The summed E-state index contributed by atoms with van der Waals surface area (Å²) in [6, 6.07) is 11.7. The number of piperidine rings is 1. The van der Waals surface area contributed by atoms with Gasteiger partial charge in [-0.15, -0.1) is 0 Å². The molecule has 2 atom stereocenters. The van der Waals surface area contributed by atoms with Gasteiger partial charge in [0, 0.05) is 60.8 Å². The maximum Gasteiger partial charge on any atom is 0.335 e. The van der Waals surface area contributed by atoms with Crippen LogP contribution in [-0.4, -0.2) is 58.0 Å². The van der Waals surface area contributed by atoms with Gasteiger partial charge in [0.1, 0.15) is 5.75 Å². The average molecular weight is 462 g/mol. The molecule has 0 unspecified atom stereocenters. The van der Waals surface area contributed by atoms with Crippen molar-refractivity contribution in [2.75, 3.05) is 20.2 Å². The molecular formula is C27H31N3O4. The molecule has 2 aliphatic rings. The first-order chi connectivity index (χ1) is 16.5. The highest BCUT2D eigenvalue weighted by molar-refractivity contribution is 5.88. The van der Waals surface area contributed by atoms with Crippen LogP contribution in [0.25, 0.3) is 10.9 Å². The monoisotopic (exact) mass is 461 g/mol. The molecule has 2 aliphatic heterocycles. The Labute approximate surface area is 199 Å². The molecule has 1 amide bonds. The molecule has 0 radical (unpaired) electrons. The molecule has 2 aromatic carbocycles. The molecule has 34 heavy (non-hydrogen) atoms. The minimum Gasteiger partial charge on any atom is -0.496 e. The number of ether oxygens (including phenoxy) is 1. The molecule has 3 aromatic rings. The lowest BCUT2D eigenvalue weighted by Gasteiger charge is -2.43. The zero-order valence-electron chi connectivity index (χ0n) is 19.7. The number of likely N-dealkylation sites (tertiary alicyclic amines) is 2. The Morgan fingerprint density at radius 1 is 1.21 bits per heavy atom. The van der Waals surface area contributed by atoms with Crippen molar-refractivity contribution in [3.05, 3.63) is 64.8 Å². The second kappa shape index (κ2) is 9.14. The van der Waals surface area contributed by atoms with Crippen molar-refractivity contribution in [2.45, 2.75) is 51.2 Å². The predicted octanol–water partition coefficient (Wildman–Crippen LogP) is 4.51. The highest BCUT2D eigenvalue weighted by atomic mass is 16.5. The van der Waals surface area contributed by atoms with Crippen molar-refractivity contribution in [2.24, 2.45) is 0 Å².